The molecule has 7 heteroatoms. The Kier molecular flexibility index (Phi) is 3.28. The highest BCUT2D eigenvalue weighted by Crippen LogP contribution is 2.57. The first-order valence-corrected chi connectivity index (χ1v) is 8.37. The molecule has 0 fully saturated rings. The maximum absolute atomic E-state index is 13.4. The van der Waals surface area contributed by atoms with E-state index in [0.29, 0.717) is 28.3 Å². The van der Waals surface area contributed by atoms with E-state index < -0.39 is 11.4 Å². The number of amides is 1. The molecule has 134 valence electrons. The lowest BCUT2D eigenvalue weighted by Gasteiger charge is -2.26. The zero-order valence-corrected chi connectivity index (χ0v) is 15.0. The van der Waals surface area contributed by atoms with Crippen LogP contribution in [0.4, 0.5) is 6.01 Å². The zero-order chi connectivity index (χ0) is 18.8. The summed E-state index contributed by atoms with van der Waals surface area (Å²) in [5.41, 5.74) is 6.89. The van der Waals surface area contributed by atoms with E-state index in [4.69, 9.17) is 14.9 Å². The van der Waals surface area contributed by atoms with Crippen LogP contribution < -0.4 is 5.73 Å². The maximum atomic E-state index is 13.4. The van der Waals surface area contributed by atoms with E-state index in [1.165, 1.54) is 4.90 Å². The number of fused-ring (bicyclic) bond motifs is 5. The summed E-state index contributed by atoms with van der Waals surface area (Å²) in [6.45, 7) is 5.26. The van der Waals surface area contributed by atoms with E-state index in [9.17, 15) is 9.59 Å². The molecule has 4 rings (SSSR count). The van der Waals surface area contributed by atoms with Gasteiger partial charge in [-0.05, 0) is 26.3 Å². The number of nitrogens with zero attached hydrogens (tertiary/aromatic N) is 2. The van der Waals surface area contributed by atoms with Gasteiger partial charge in [0.1, 0.15) is 5.69 Å². The van der Waals surface area contributed by atoms with Gasteiger partial charge >= 0.3 is 5.97 Å². The molecule has 0 radical (unpaired) electrons. The Hall–Kier alpha value is -3.09. The standard InChI is InChI=1S/C19H19N3O4/c1-9(2)25-16(23)13-10(3)22(4)17(24)19(13)12-8-6-5-7-11(12)14-15(19)21-18(20)26-14/h5-9H,1-4H3,(H2,20,21)/t19-/m0/s1. The van der Waals surface area contributed by atoms with E-state index in [2.05, 4.69) is 4.98 Å². The van der Waals surface area contributed by atoms with Gasteiger partial charge in [0, 0.05) is 18.3 Å². The van der Waals surface area contributed by atoms with Gasteiger partial charge in [-0.2, -0.15) is 4.98 Å². The SMILES string of the molecule is CC1=C(C(=O)OC(C)C)[C@@]2(C(=O)N1C)c1ccccc1-c1oc(N)nc12. The van der Waals surface area contributed by atoms with E-state index in [-0.39, 0.29) is 23.6 Å². The van der Waals surface area contributed by atoms with Crippen LogP contribution in [-0.4, -0.2) is 34.9 Å². The average molecular weight is 353 g/mol. The monoisotopic (exact) mass is 353 g/mol. The number of oxazole rings is 1. The van der Waals surface area contributed by atoms with Crippen LogP contribution in [0.1, 0.15) is 32.0 Å². The normalized spacial score (nSPS) is 21.0. The molecule has 7 nitrogen and oxygen atoms in total. The molecule has 1 atom stereocenters. The van der Waals surface area contributed by atoms with Gasteiger partial charge in [0.2, 0.25) is 5.91 Å². The molecule has 0 bridgehead atoms. The van der Waals surface area contributed by atoms with Crippen LogP contribution in [0.3, 0.4) is 0 Å². The number of likely N-dealkylation sites (N-methyl/N-ethyl adjacent to an activating group) is 1. The molecule has 1 aromatic carbocycles. The van der Waals surface area contributed by atoms with Crippen molar-refractivity contribution in [2.45, 2.75) is 32.3 Å². The predicted molar refractivity (Wildman–Crippen MR) is 93.8 cm³/mol. The summed E-state index contributed by atoms with van der Waals surface area (Å²) in [5.74, 6) is -0.394. The van der Waals surface area contributed by atoms with Crippen molar-refractivity contribution in [3.63, 3.8) is 0 Å². The largest absolute Gasteiger partial charge is 0.460 e. The smallest absolute Gasteiger partial charge is 0.337 e. The van der Waals surface area contributed by atoms with Crippen LogP contribution in [-0.2, 0) is 19.7 Å². The number of nitrogens with two attached hydrogens (primary N) is 1. The predicted octanol–water partition coefficient (Wildman–Crippen LogP) is 2.22. The number of rotatable bonds is 2. The number of allylic oxidation sites excluding steroid dienone is 1. The van der Waals surface area contributed by atoms with Gasteiger partial charge in [-0.25, -0.2) is 4.79 Å². The van der Waals surface area contributed by atoms with Gasteiger partial charge in [0.25, 0.3) is 6.01 Å². The van der Waals surface area contributed by atoms with Gasteiger partial charge in [-0.3, -0.25) is 4.79 Å². The van der Waals surface area contributed by atoms with Crippen molar-refractivity contribution in [3.8, 4) is 11.3 Å². The molecule has 2 heterocycles. The summed E-state index contributed by atoms with van der Waals surface area (Å²) in [6, 6.07) is 7.27. The van der Waals surface area contributed by atoms with Crippen molar-refractivity contribution in [1.82, 2.24) is 9.88 Å². The third kappa shape index (κ3) is 1.80. The number of carbonyl (C=O) groups excluding carboxylic acids is 2. The highest BCUT2D eigenvalue weighted by Gasteiger charge is 2.63. The van der Waals surface area contributed by atoms with Crippen molar-refractivity contribution in [1.29, 1.82) is 0 Å². The van der Waals surface area contributed by atoms with E-state index in [1.54, 1.807) is 27.8 Å². The Labute approximate surface area is 150 Å². The molecule has 2 aromatic rings. The van der Waals surface area contributed by atoms with Gasteiger partial charge in [0.05, 0.1) is 11.7 Å². The first kappa shape index (κ1) is 16.4. The topological polar surface area (TPSA) is 98.7 Å². The van der Waals surface area contributed by atoms with Crippen molar-refractivity contribution in [2.75, 3.05) is 12.8 Å². The van der Waals surface area contributed by atoms with Crippen LogP contribution in [0.2, 0.25) is 0 Å². The number of anilines is 1. The van der Waals surface area contributed by atoms with Gasteiger partial charge < -0.3 is 19.8 Å². The van der Waals surface area contributed by atoms with Gasteiger partial charge in [-0.15, -0.1) is 0 Å². The quantitative estimate of drug-likeness (QED) is 0.831. The van der Waals surface area contributed by atoms with Crippen molar-refractivity contribution >= 4 is 17.9 Å². The van der Waals surface area contributed by atoms with Crippen LogP contribution in [0.25, 0.3) is 11.3 Å². The minimum atomic E-state index is -1.39. The number of benzene rings is 1. The lowest BCUT2D eigenvalue weighted by molar-refractivity contribution is -0.144. The second kappa shape index (κ2) is 5.20. The van der Waals surface area contributed by atoms with Crippen LogP contribution in [0, 0.1) is 0 Å². The summed E-state index contributed by atoms with van der Waals surface area (Å²) in [4.78, 5) is 32.2. The number of aromatic nitrogens is 1. The second-order valence-corrected chi connectivity index (χ2v) is 6.80. The summed E-state index contributed by atoms with van der Waals surface area (Å²) in [6.07, 6.45) is -0.320. The first-order valence-electron chi connectivity index (χ1n) is 8.37. The minimum absolute atomic E-state index is 0.0412. The molecule has 1 aromatic heterocycles. The third-order valence-electron chi connectivity index (χ3n) is 4.99. The van der Waals surface area contributed by atoms with Gasteiger partial charge in [0.15, 0.2) is 11.2 Å². The molecule has 0 unspecified atom stereocenters. The molecule has 26 heavy (non-hydrogen) atoms. The van der Waals surface area contributed by atoms with Crippen LogP contribution >= 0.6 is 0 Å². The average Bonchev–Trinajstić information content (AvgIpc) is 3.14. The lowest BCUT2D eigenvalue weighted by Crippen LogP contribution is -2.41. The molecular formula is C19H19N3O4. The molecule has 0 saturated heterocycles. The van der Waals surface area contributed by atoms with Crippen molar-refractivity contribution < 1.29 is 18.7 Å². The Balaban J connectivity index is 2.07. The van der Waals surface area contributed by atoms with Gasteiger partial charge in [-0.1, -0.05) is 24.3 Å². The Morgan fingerprint density at radius 1 is 1.35 bits per heavy atom. The molecule has 1 aliphatic carbocycles. The molecule has 1 amide bonds. The number of hydrogen-bond donors (Lipinski definition) is 1. The Morgan fingerprint density at radius 2 is 2.04 bits per heavy atom. The van der Waals surface area contributed by atoms with Crippen molar-refractivity contribution in [3.05, 3.63) is 46.8 Å². The number of carbonyl (C=O) groups is 2. The fourth-order valence-electron chi connectivity index (χ4n) is 3.90. The lowest BCUT2D eigenvalue weighted by atomic mass is 9.74. The fourth-order valence-corrected chi connectivity index (χ4v) is 3.90. The first-order chi connectivity index (χ1) is 12.3. The Morgan fingerprint density at radius 3 is 2.73 bits per heavy atom. The highest BCUT2D eigenvalue weighted by molar-refractivity contribution is 6.14. The number of nitrogen functional groups attached to an aromatic ring is 1. The molecule has 2 aliphatic rings. The molecule has 1 aliphatic heterocycles. The number of esters is 1. The summed E-state index contributed by atoms with van der Waals surface area (Å²) >= 11 is 0. The van der Waals surface area contributed by atoms with E-state index in [0.717, 1.165) is 0 Å². The fraction of sp³-hybridized carbons (Fsp3) is 0.316. The summed E-state index contributed by atoms with van der Waals surface area (Å²) < 4.78 is 11.0. The molecular weight excluding hydrogens is 334 g/mol. The second-order valence-electron chi connectivity index (χ2n) is 6.80. The maximum Gasteiger partial charge on any atom is 0.337 e. The summed E-state index contributed by atoms with van der Waals surface area (Å²) in [7, 11) is 1.64. The van der Waals surface area contributed by atoms with Crippen LogP contribution in [0.15, 0.2) is 40.0 Å². The molecule has 1 spiro atoms. The van der Waals surface area contributed by atoms with E-state index >= 15 is 0 Å². The highest BCUT2D eigenvalue weighted by atomic mass is 16.5. The Bertz CT molecular complexity index is 988. The molecule has 0 saturated carbocycles. The molecule has 2 N–H and O–H groups in total. The number of ether oxygens (including phenoxy) is 1. The third-order valence-corrected chi connectivity index (χ3v) is 4.99. The van der Waals surface area contributed by atoms with E-state index in [1.807, 2.05) is 24.3 Å². The minimum Gasteiger partial charge on any atom is -0.460 e. The zero-order valence-electron chi connectivity index (χ0n) is 15.0. The summed E-state index contributed by atoms with van der Waals surface area (Å²) in [5, 5.41) is 0. The van der Waals surface area contributed by atoms with Crippen molar-refractivity contribution in [2.24, 2.45) is 0 Å². The van der Waals surface area contributed by atoms with Crippen LogP contribution in [0.5, 0.6) is 0 Å². The number of hydrogen-bond acceptors (Lipinski definition) is 6.